The summed E-state index contributed by atoms with van der Waals surface area (Å²) < 4.78 is 0. The molecule has 1 unspecified atom stereocenters. The molecule has 1 aliphatic heterocycles. The van der Waals surface area contributed by atoms with E-state index >= 15 is 0 Å². The normalized spacial score (nSPS) is 15.7. The summed E-state index contributed by atoms with van der Waals surface area (Å²) >= 11 is 5.99. The van der Waals surface area contributed by atoms with E-state index in [4.69, 9.17) is 11.6 Å². The highest BCUT2D eigenvalue weighted by Gasteiger charge is 2.24. The Labute approximate surface area is 190 Å². The number of piperidine rings is 1. The molecule has 2 amide bonds. The highest BCUT2D eigenvalue weighted by molar-refractivity contribution is 6.30. The number of rotatable bonds is 7. The predicted molar refractivity (Wildman–Crippen MR) is 128 cm³/mol. The van der Waals surface area contributed by atoms with Crippen LogP contribution in [0.3, 0.4) is 0 Å². The quantitative estimate of drug-likeness (QED) is 0.619. The van der Waals surface area contributed by atoms with Crippen molar-refractivity contribution in [3.05, 3.63) is 59.1 Å². The second kappa shape index (κ2) is 10.8. The van der Waals surface area contributed by atoms with Gasteiger partial charge in [-0.1, -0.05) is 23.7 Å². The van der Waals surface area contributed by atoms with E-state index in [1.54, 1.807) is 4.90 Å². The van der Waals surface area contributed by atoms with Crippen molar-refractivity contribution in [2.75, 3.05) is 50.5 Å². The lowest BCUT2D eigenvalue weighted by Crippen LogP contribution is -2.40. The molecule has 1 atom stereocenters. The van der Waals surface area contributed by atoms with Crippen LogP contribution in [-0.2, 0) is 0 Å². The van der Waals surface area contributed by atoms with Gasteiger partial charge in [-0.05, 0) is 81.7 Å². The van der Waals surface area contributed by atoms with Gasteiger partial charge in [0.2, 0.25) is 0 Å². The number of nitrogens with one attached hydrogen (secondary N) is 1. The van der Waals surface area contributed by atoms with Gasteiger partial charge in [0, 0.05) is 36.0 Å². The summed E-state index contributed by atoms with van der Waals surface area (Å²) in [6, 6.07) is 15.8. The van der Waals surface area contributed by atoms with Gasteiger partial charge in [-0.2, -0.15) is 0 Å². The Morgan fingerprint density at radius 1 is 1.13 bits per heavy atom. The van der Waals surface area contributed by atoms with E-state index in [2.05, 4.69) is 29.3 Å². The topological polar surface area (TPSA) is 59.1 Å². The lowest BCUT2D eigenvalue weighted by molar-refractivity contribution is 0.0470. The van der Waals surface area contributed by atoms with Crippen molar-refractivity contribution in [1.29, 1.82) is 0 Å². The lowest BCUT2D eigenvalue weighted by Gasteiger charge is -2.32. The third-order valence-electron chi connectivity index (χ3n) is 5.97. The van der Waals surface area contributed by atoms with Crippen molar-refractivity contribution in [1.82, 2.24) is 9.80 Å². The number of hydrogen-bond donors (Lipinski definition) is 2. The Kier molecular flexibility index (Phi) is 8.18. The van der Waals surface area contributed by atoms with Gasteiger partial charge in [-0.3, -0.25) is 4.90 Å². The summed E-state index contributed by atoms with van der Waals surface area (Å²) in [4.78, 5) is 18.5. The van der Waals surface area contributed by atoms with Crippen molar-refractivity contribution in [3.63, 3.8) is 0 Å². The van der Waals surface area contributed by atoms with Crippen LogP contribution in [0.1, 0.15) is 31.2 Å². The standard InChI is InChI=1S/C24H33ClN4O2/c1-4-28(17-23(30)27(2)3)22-11-9-21(10-12-22)26-24(31)29-15-13-19(14-16-29)18-5-7-20(25)8-6-18/h5-12,19,23,30H,4,13-17H2,1-3H3,(H,26,31). The first kappa shape index (κ1) is 23.4. The highest BCUT2D eigenvalue weighted by Crippen LogP contribution is 2.29. The van der Waals surface area contributed by atoms with E-state index in [1.165, 1.54) is 5.56 Å². The Bertz CT molecular complexity index is 834. The van der Waals surface area contributed by atoms with Gasteiger partial charge in [0.25, 0.3) is 0 Å². The molecule has 6 nitrogen and oxygen atoms in total. The van der Waals surface area contributed by atoms with Gasteiger partial charge in [-0.15, -0.1) is 0 Å². The third-order valence-corrected chi connectivity index (χ3v) is 6.22. The van der Waals surface area contributed by atoms with Crippen molar-refractivity contribution < 1.29 is 9.90 Å². The van der Waals surface area contributed by atoms with E-state index in [0.717, 1.165) is 48.9 Å². The molecule has 1 heterocycles. The van der Waals surface area contributed by atoms with Crippen LogP contribution >= 0.6 is 11.6 Å². The van der Waals surface area contributed by atoms with Crippen LogP contribution in [0.2, 0.25) is 5.02 Å². The maximum absolute atomic E-state index is 12.7. The maximum atomic E-state index is 12.7. The average Bonchev–Trinajstić information content (AvgIpc) is 2.78. The molecule has 1 fully saturated rings. The predicted octanol–water partition coefficient (Wildman–Crippen LogP) is 4.46. The molecule has 1 aliphatic rings. The smallest absolute Gasteiger partial charge is 0.321 e. The number of anilines is 2. The molecule has 2 aromatic rings. The number of amides is 2. The SMILES string of the molecule is CCN(CC(O)N(C)C)c1ccc(NC(=O)N2CCC(c3ccc(Cl)cc3)CC2)cc1. The fourth-order valence-corrected chi connectivity index (χ4v) is 4.01. The molecule has 7 heteroatoms. The molecule has 0 spiro atoms. The summed E-state index contributed by atoms with van der Waals surface area (Å²) in [5, 5.41) is 13.9. The number of urea groups is 1. The van der Waals surface area contributed by atoms with Crippen LogP contribution < -0.4 is 10.2 Å². The largest absolute Gasteiger partial charge is 0.377 e. The van der Waals surface area contributed by atoms with Crippen LogP contribution in [0.15, 0.2) is 48.5 Å². The molecule has 1 saturated heterocycles. The third kappa shape index (κ3) is 6.35. The molecule has 3 rings (SSSR count). The van der Waals surface area contributed by atoms with Gasteiger partial charge < -0.3 is 20.2 Å². The molecular weight excluding hydrogens is 412 g/mol. The van der Waals surface area contributed by atoms with E-state index in [1.807, 2.05) is 55.4 Å². The second-order valence-corrected chi connectivity index (χ2v) is 8.71. The fraction of sp³-hybridized carbons (Fsp3) is 0.458. The summed E-state index contributed by atoms with van der Waals surface area (Å²) in [7, 11) is 3.71. The lowest BCUT2D eigenvalue weighted by atomic mass is 9.89. The van der Waals surface area contributed by atoms with Crippen LogP contribution in [0.4, 0.5) is 16.2 Å². The monoisotopic (exact) mass is 444 g/mol. The number of hydrogen-bond acceptors (Lipinski definition) is 4. The van der Waals surface area contributed by atoms with Crippen molar-refractivity contribution >= 4 is 29.0 Å². The maximum Gasteiger partial charge on any atom is 0.321 e. The molecule has 0 saturated carbocycles. The summed E-state index contributed by atoms with van der Waals surface area (Å²) in [5.41, 5.74) is 3.09. The number of carbonyl (C=O) groups is 1. The van der Waals surface area contributed by atoms with E-state index in [-0.39, 0.29) is 6.03 Å². The number of likely N-dealkylation sites (N-methyl/N-ethyl adjacent to an activating group) is 2. The van der Waals surface area contributed by atoms with Crippen LogP contribution in [0.5, 0.6) is 0 Å². The highest BCUT2D eigenvalue weighted by atomic mass is 35.5. The zero-order valence-corrected chi connectivity index (χ0v) is 19.3. The van der Waals surface area contributed by atoms with Crippen LogP contribution in [-0.4, -0.2) is 67.4 Å². The minimum absolute atomic E-state index is 0.0577. The van der Waals surface area contributed by atoms with E-state index in [9.17, 15) is 9.90 Å². The van der Waals surface area contributed by atoms with Crippen LogP contribution in [0, 0.1) is 0 Å². The van der Waals surface area contributed by atoms with Gasteiger partial charge in [0.05, 0.1) is 6.54 Å². The number of benzene rings is 2. The molecule has 0 aromatic heterocycles. The fourth-order valence-electron chi connectivity index (χ4n) is 3.89. The number of carbonyl (C=O) groups excluding carboxylic acids is 1. The van der Waals surface area contributed by atoms with Crippen molar-refractivity contribution in [3.8, 4) is 0 Å². The first-order valence-electron chi connectivity index (χ1n) is 10.9. The molecule has 2 aromatic carbocycles. The van der Waals surface area contributed by atoms with Gasteiger partial charge >= 0.3 is 6.03 Å². The molecule has 31 heavy (non-hydrogen) atoms. The van der Waals surface area contributed by atoms with Crippen molar-refractivity contribution in [2.24, 2.45) is 0 Å². The molecule has 0 bridgehead atoms. The van der Waals surface area contributed by atoms with Crippen LogP contribution in [0.25, 0.3) is 0 Å². The number of likely N-dealkylation sites (tertiary alicyclic amines) is 1. The minimum atomic E-state index is -0.532. The zero-order chi connectivity index (χ0) is 22.4. The molecular formula is C24H33ClN4O2. The number of aliphatic hydroxyl groups is 1. The van der Waals surface area contributed by atoms with E-state index in [0.29, 0.717) is 12.5 Å². The number of nitrogens with zero attached hydrogens (tertiary/aromatic N) is 3. The summed E-state index contributed by atoms with van der Waals surface area (Å²) in [6.07, 6.45) is 1.37. The second-order valence-electron chi connectivity index (χ2n) is 8.27. The summed E-state index contributed by atoms with van der Waals surface area (Å²) in [5.74, 6) is 0.471. The first-order valence-corrected chi connectivity index (χ1v) is 11.3. The Balaban J connectivity index is 1.52. The van der Waals surface area contributed by atoms with Gasteiger partial charge in [0.1, 0.15) is 6.23 Å². The van der Waals surface area contributed by atoms with Gasteiger partial charge in [0.15, 0.2) is 0 Å². The van der Waals surface area contributed by atoms with Gasteiger partial charge in [-0.25, -0.2) is 4.79 Å². The van der Waals surface area contributed by atoms with E-state index < -0.39 is 6.23 Å². The molecule has 0 aliphatic carbocycles. The number of halogens is 1. The Morgan fingerprint density at radius 2 is 1.74 bits per heavy atom. The average molecular weight is 445 g/mol. The minimum Gasteiger partial charge on any atom is -0.377 e. The molecule has 0 radical (unpaired) electrons. The first-order chi connectivity index (χ1) is 14.9. The van der Waals surface area contributed by atoms with Crippen molar-refractivity contribution in [2.45, 2.75) is 31.9 Å². The Hall–Kier alpha value is -2.28. The summed E-state index contributed by atoms with van der Waals surface area (Å²) in [6.45, 7) is 4.86. The zero-order valence-electron chi connectivity index (χ0n) is 18.6. The number of aliphatic hydroxyl groups excluding tert-OH is 1. The molecule has 168 valence electrons. The Morgan fingerprint density at radius 3 is 2.29 bits per heavy atom. The molecule has 2 N–H and O–H groups in total.